The summed E-state index contributed by atoms with van der Waals surface area (Å²) in [6.45, 7) is 2.40. The van der Waals surface area contributed by atoms with Crippen LogP contribution < -0.4 is 20.8 Å². The van der Waals surface area contributed by atoms with Crippen LogP contribution in [0.4, 0.5) is 11.4 Å². The Hall–Kier alpha value is -4.99. The minimum atomic E-state index is -1.03. The smallest absolute Gasteiger partial charge is 0.337 e. The topological polar surface area (TPSA) is 135 Å². The zero-order chi connectivity index (χ0) is 25.9. The highest BCUT2D eigenvalue weighted by Gasteiger charge is 2.18. The lowest BCUT2D eigenvalue weighted by Crippen LogP contribution is -2.33. The van der Waals surface area contributed by atoms with Crippen molar-refractivity contribution >= 4 is 41.3 Å². The number of amides is 3. The van der Waals surface area contributed by atoms with Crippen LogP contribution in [0, 0.1) is 0 Å². The van der Waals surface area contributed by atoms with Crippen molar-refractivity contribution in [2.45, 2.75) is 6.92 Å². The number of rotatable bonds is 8. The molecule has 0 fully saturated rings. The van der Waals surface area contributed by atoms with Gasteiger partial charge in [0.05, 0.1) is 36.7 Å². The lowest BCUT2D eigenvalue weighted by molar-refractivity contribution is -0.136. The van der Waals surface area contributed by atoms with Crippen molar-refractivity contribution < 1.29 is 28.7 Å². The van der Waals surface area contributed by atoms with Crippen molar-refractivity contribution in [3.05, 3.63) is 89.5 Å². The molecule has 0 saturated carbocycles. The van der Waals surface area contributed by atoms with Crippen LogP contribution in [0.25, 0.3) is 0 Å². The molecule has 3 aromatic carbocycles. The maximum atomic E-state index is 12.8. The second kappa shape index (κ2) is 12.5. The molecule has 184 valence electrons. The molecule has 3 rings (SSSR count). The molecular formula is C26H24N4O6. The molecule has 3 N–H and O–H groups in total. The van der Waals surface area contributed by atoms with Gasteiger partial charge in [0.1, 0.15) is 5.75 Å². The summed E-state index contributed by atoms with van der Waals surface area (Å²) in [6, 6.07) is 19.4. The minimum Gasteiger partial charge on any atom is -0.494 e. The number of anilines is 2. The third-order valence-electron chi connectivity index (χ3n) is 4.76. The standard InChI is InChI=1S/C26H24N4O6/c1-3-36-20-14-12-19(13-15-20)28-23(31)21-6-4-5-7-22(21)29-24(32)25(33)30-27-16-17-8-10-18(11-9-17)26(34)35-2/h4-16H,3H2,1-2H3,(H,28,31)(H,29,32)(H,30,33)/b27-16+. The third kappa shape index (κ3) is 7.00. The fourth-order valence-corrected chi connectivity index (χ4v) is 3.01. The van der Waals surface area contributed by atoms with E-state index in [0.717, 1.165) is 0 Å². The van der Waals surface area contributed by atoms with E-state index in [9.17, 15) is 19.2 Å². The molecule has 36 heavy (non-hydrogen) atoms. The van der Waals surface area contributed by atoms with E-state index in [1.165, 1.54) is 37.6 Å². The summed E-state index contributed by atoms with van der Waals surface area (Å²) in [6.07, 6.45) is 1.31. The predicted molar refractivity (Wildman–Crippen MR) is 134 cm³/mol. The van der Waals surface area contributed by atoms with Gasteiger partial charge in [-0.25, -0.2) is 10.2 Å². The van der Waals surface area contributed by atoms with E-state index in [1.54, 1.807) is 48.5 Å². The number of nitrogens with zero attached hydrogens (tertiary/aromatic N) is 1. The van der Waals surface area contributed by atoms with Crippen LogP contribution in [0.3, 0.4) is 0 Å². The van der Waals surface area contributed by atoms with Crippen molar-refractivity contribution in [1.29, 1.82) is 0 Å². The Bertz CT molecular complexity index is 1270. The number of para-hydroxylation sites is 1. The average Bonchev–Trinajstić information content (AvgIpc) is 2.90. The highest BCUT2D eigenvalue weighted by Crippen LogP contribution is 2.19. The van der Waals surface area contributed by atoms with E-state index in [1.807, 2.05) is 6.92 Å². The van der Waals surface area contributed by atoms with E-state index in [4.69, 9.17) is 4.74 Å². The van der Waals surface area contributed by atoms with Gasteiger partial charge in [0.15, 0.2) is 0 Å². The Balaban J connectivity index is 1.59. The van der Waals surface area contributed by atoms with Gasteiger partial charge in [-0.2, -0.15) is 5.10 Å². The molecule has 0 atom stereocenters. The molecular weight excluding hydrogens is 464 g/mol. The first-order chi connectivity index (χ1) is 17.4. The first-order valence-electron chi connectivity index (χ1n) is 10.9. The van der Waals surface area contributed by atoms with Crippen molar-refractivity contribution in [2.75, 3.05) is 24.4 Å². The fraction of sp³-hybridized carbons (Fsp3) is 0.115. The number of methoxy groups -OCH3 is 1. The van der Waals surface area contributed by atoms with Gasteiger partial charge < -0.3 is 20.1 Å². The van der Waals surface area contributed by atoms with Crippen LogP contribution >= 0.6 is 0 Å². The Kier molecular flexibility index (Phi) is 8.88. The normalized spacial score (nSPS) is 10.4. The van der Waals surface area contributed by atoms with E-state index in [0.29, 0.717) is 29.2 Å². The number of carbonyl (C=O) groups is 4. The average molecular weight is 489 g/mol. The zero-order valence-electron chi connectivity index (χ0n) is 19.6. The van der Waals surface area contributed by atoms with Gasteiger partial charge in [-0.1, -0.05) is 24.3 Å². The summed E-state index contributed by atoms with van der Waals surface area (Å²) < 4.78 is 10.0. The molecule has 0 aliphatic carbocycles. The maximum Gasteiger partial charge on any atom is 0.337 e. The van der Waals surface area contributed by atoms with E-state index >= 15 is 0 Å². The van der Waals surface area contributed by atoms with Crippen molar-refractivity contribution in [1.82, 2.24) is 5.43 Å². The maximum absolute atomic E-state index is 12.8. The number of carbonyl (C=O) groups excluding carboxylic acids is 4. The van der Waals surface area contributed by atoms with Crippen LogP contribution in [0.1, 0.15) is 33.2 Å². The molecule has 0 aliphatic rings. The molecule has 0 bridgehead atoms. The predicted octanol–water partition coefficient (Wildman–Crippen LogP) is 3.21. The number of hydrogen-bond acceptors (Lipinski definition) is 7. The summed E-state index contributed by atoms with van der Waals surface area (Å²) in [5.41, 5.74) is 3.93. The van der Waals surface area contributed by atoms with Gasteiger partial charge in [-0.3, -0.25) is 14.4 Å². The quantitative estimate of drug-likeness (QED) is 0.193. The van der Waals surface area contributed by atoms with Crippen molar-refractivity contribution in [3.63, 3.8) is 0 Å². The Morgan fingerprint density at radius 1 is 0.861 bits per heavy atom. The number of esters is 1. The second-order valence-electron chi connectivity index (χ2n) is 7.22. The molecule has 0 radical (unpaired) electrons. The third-order valence-corrected chi connectivity index (χ3v) is 4.76. The van der Waals surface area contributed by atoms with Crippen molar-refractivity contribution in [2.24, 2.45) is 5.10 Å². The van der Waals surface area contributed by atoms with Gasteiger partial charge in [0.25, 0.3) is 5.91 Å². The van der Waals surface area contributed by atoms with E-state index in [-0.39, 0.29) is 11.3 Å². The molecule has 3 aromatic rings. The summed E-state index contributed by atoms with van der Waals surface area (Å²) in [4.78, 5) is 48.7. The van der Waals surface area contributed by atoms with Crippen LogP contribution in [0.15, 0.2) is 77.9 Å². The SMILES string of the molecule is CCOc1ccc(NC(=O)c2ccccc2NC(=O)C(=O)N/N=C/c2ccc(C(=O)OC)cc2)cc1. The Morgan fingerprint density at radius 3 is 2.22 bits per heavy atom. The van der Waals surface area contributed by atoms with Gasteiger partial charge >= 0.3 is 17.8 Å². The first kappa shape index (κ1) is 25.6. The summed E-state index contributed by atoms with van der Waals surface area (Å²) >= 11 is 0. The summed E-state index contributed by atoms with van der Waals surface area (Å²) in [7, 11) is 1.28. The van der Waals surface area contributed by atoms with Gasteiger partial charge in [0, 0.05) is 5.69 Å². The van der Waals surface area contributed by atoms with Gasteiger partial charge in [-0.15, -0.1) is 0 Å². The Labute approximate surface area is 207 Å². The fourth-order valence-electron chi connectivity index (χ4n) is 3.01. The molecule has 10 heteroatoms. The Morgan fingerprint density at radius 2 is 1.56 bits per heavy atom. The summed E-state index contributed by atoms with van der Waals surface area (Å²) in [5, 5.41) is 8.90. The number of nitrogens with one attached hydrogen (secondary N) is 3. The van der Waals surface area contributed by atoms with Crippen LogP contribution in [0.5, 0.6) is 5.75 Å². The van der Waals surface area contributed by atoms with Crippen LogP contribution in [-0.4, -0.2) is 43.6 Å². The highest BCUT2D eigenvalue weighted by atomic mass is 16.5. The van der Waals surface area contributed by atoms with Crippen LogP contribution in [0.2, 0.25) is 0 Å². The van der Waals surface area contributed by atoms with Gasteiger partial charge in [0.2, 0.25) is 0 Å². The largest absolute Gasteiger partial charge is 0.494 e. The molecule has 0 aromatic heterocycles. The van der Waals surface area contributed by atoms with Gasteiger partial charge in [-0.05, 0) is 61.0 Å². The van der Waals surface area contributed by atoms with E-state index < -0.39 is 23.7 Å². The lowest BCUT2D eigenvalue weighted by Gasteiger charge is -2.11. The lowest BCUT2D eigenvalue weighted by atomic mass is 10.1. The molecule has 0 aliphatic heterocycles. The highest BCUT2D eigenvalue weighted by molar-refractivity contribution is 6.40. The number of hydrazone groups is 1. The minimum absolute atomic E-state index is 0.156. The first-order valence-corrected chi connectivity index (χ1v) is 10.9. The van der Waals surface area contributed by atoms with E-state index in [2.05, 4.69) is 25.9 Å². The number of hydrogen-bond donors (Lipinski definition) is 3. The van der Waals surface area contributed by atoms with Crippen LogP contribution in [-0.2, 0) is 14.3 Å². The second-order valence-corrected chi connectivity index (χ2v) is 7.22. The molecule has 3 amide bonds. The molecule has 0 spiro atoms. The number of ether oxygens (including phenoxy) is 2. The summed E-state index contributed by atoms with van der Waals surface area (Å²) in [5.74, 6) is -2.30. The zero-order valence-corrected chi connectivity index (χ0v) is 19.6. The monoisotopic (exact) mass is 488 g/mol. The van der Waals surface area contributed by atoms with Crippen molar-refractivity contribution in [3.8, 4) is 5.75 Å². The molecule has 0 saturated heterocycles. The molecule has 0 unspecified atom stereocenters. The molecule has 10 nitrogen and oxygen atoms in total. The molecule has 0 heterocycles. The number of benzene rings is 3.